The number of ether oxygens (including phenoxy) is 1. The van der Waals surface area contributed by atoms with E-state index in [2.05, 4.69) is 4.98 Å². The van der Waals surface area contributed by atoms with E-state index in [0.717, 1.165) is 0 Å². The van der Waals surface area contributed by atoms with Crippen LogP contribution < -0.4 is 0 Å². The summed E-state index contributed by atoms with van der Waals surface area (Å²) in [4.78, 5) is 16.0. The van der Waals surface area contributed by atoms with E-state index in [1.54, 1.807) is 26.0 Å². The number of nitrogens with zero attached hydrogens (tertiary/aromatic N) is 1. The second kappa shape index (κ2) is 8.36. The molecular formula is C14H21FNO5P. The molecule has 0 amide bonds. The molecule has 1 aromatic rings. The van der Waals surface area contributed by atoms with Gasteiger partial charge in [0.15, 0.2) is 0 Å². The number of pyridine rings is 1. The van der Waals surface area contributed by atoms with Crippen LogP contribution in [0.4, 0.5) is 4.39 Å². The lowest BCUT2D eigenvalue weighted by Gasteiger charge is -2.30. The van der Waals surface area contributed by atoms with Crippen molar-refractivity contribution < 1.29 is 27.5 Å². The minimum absolute atomic E-state index is 0.0458. The fraction of sp³-hybridized carbons (Fsp3) is 0.571. The van der Waals surface area contributed by atoms with Gasteiger partial charge in [-0.25, -0.2) is 9.18 Å². The van der Waals surface area contributed by atoms with Gasteiger partial charge in [0, 0.05) is 18.8 Å². The van der Waals surface area contributed by atoms with Gasteiger partial charge in [0.25, 0.3) is 0 Å². The van der Waals surface area contributed by atoms with Gasteiger partial charge in [-0.3, -0.25) is 9.55 Å². The van der Waals surface area contributed by atoms with Gasteiger partial charge < -0.3 is 13.8 Å². The van der Waals surface area contributed by atoms with E-state index < -0.39 is 25.4 Å². The third-order valence-electron chi connectivity index (χ3n) is 2.78. The van der Waals surface area contributed by atoms with Crippen LogP contribution in [0.1, 0.15) is 26.3 Å². The van der Waals surface area contributed by atoms with E-state index in [-0.39, 0.29) is 19.8 Å². The van der Waals surface area contributed by atoms with Crippen molar-refractivity contribution in [3.05, 3.63) is 30.1 Å². The van der Waals surface area contributed by atoms with Gasteiger partial charge in [-0.05, 0) is 32.4 Å². The van der Waals surface area contributed by atoms with Crippen molar-refractivity contribution in [2.45, 2.75) is 32.6 Å². The highest BCUT2D eigenvalue weighted by molar-refractivity contribution is 7.56. The third kappa shape index (κ3) is 4.12. The van der Waals surface area contributed by atoms with E-state index in [1.807, 2.05) is 0 Å². The Hall–Kier alpha value is -1.30. The van der Waals surface area contributed by atoms with Gasteiger partial charge in [-0.2, -0.15) is 0 Å². The van der Waals surface area contributed by atoms with Crippen molar-refractivity contribution >= 4 is 13.6 Å². The number of carbonyl (C=O) groups excluding carboxylic acids is 1. The average molecular weight is 333 g/mol. The highest BCUT2D eigenvalue weighted by Gasteiger charge is 2.59. The molecule has 0 radical (unpaired) electrons. The summed E-state index contributed by atoms with van der Waals surface area (Å²) >= 11 is 0. The molecule has 0 aromatic carbocycles. The van der Waals surface area contributed by atoms with E-state index in [0.29, 0.717) is 5.56 Å². The lowest BCUT2D eigenvalue weighted by atomic mass is 10.1. The van der Waals surface area contributed by atoms with Crippen LogP contribution in [0.5, 0.6) is 0 Å². The molecule has 0 saturated heterocycles. The van der Waals surface area contributed by atoms with Crippen LogP contribution in [0.2, 0.25) is 0 Å². The van der Waals surface area contributed by atoms with Gasteiger partial charge in [-0.15, -0.1) is 0 Å². The summed E-state index contributed by atoms with van der Waals surface area (Å²) in [6.45, 7) is 4.46. The monoisotopic (exact) mass is 333 g/mol. The highest BCUT2D eigenvalue weighted by Crippen LogP contribution is 2.62. The highest BCUT2D eigenvalue weighted by atomic mass is 31.2. The van der Waals surface area contributed by atoms with Crippen molar-refractivity contribution in [1.82, 2.24) is 4.98 Å². The first-order valence-electron chi connectivity index (χ1n) is 7.07. The fourth-order valence-corrected chi connectivity index (χ4v) is 3.71. The summed E-state index contributed by atoms with van der Waals surface area (Å²) in [5.41, 5.74) is 0.387. The molecule has 1 aromatic heterocycles. The van der Waals surface area contributed by atoms with E-state index in [4.69, 9.17) is 13.8 Å². The lowest BCUT2D eigenvalue weighted by molar-refractivity contribution is -0.152. The maximum Gasteiger partial charge on any atom is 0.379 e. The van der Waals surface area contributed by atoms with E-state index in [9.17, 15) is 9.36 Å². The number of aromatic nitrogens is 1. The molecule has 0 fully saturated rings. The molecule has 1 unspecified atom stereocenters. The summed E-state index contributed by atoms with van der Waals surface area (Å²) in [6.07, 6.45) is 2.39. The molecule has 0 aliphatic rings. The molecule has 124 valence electrons. The Morgan fingerprint density at radius 1 is 1.27 bits per heavy atom. The number of esters is 1. The Morgan fingerprint density at radius 3 is 2.36 bits per heavy atom. The molecule has 0 spiro atoms. The second-order valence-corrected chi connectivity index (χ2v) is 6.57. The Labute approximate surface area is 129 Å². The van der Waals surface area contributed by atoms with Crippen molar-refractivity contribution in [2.24, 2.45) is 0 Å². The first-order valence-corrected chi connectivity index (χ1v) is 8.62. The minimum Gasteiger partial charge on any atom is -0.463 e. The lowest BCUT2D eigenvalue weighted by Crippen LogP contribution is -2.39. The maximum absolute atomic E-state index is 15.5. The minimum atomic E-state index is -4.36. The predicted octanol–water partition coefficient (Wildman–Crippen LogP) is 3.12. The first kappa shape index (κ1) is 18.7. The number of hydrogen-bond acceptors (Lipinski definition) is 6. The third-order valence-corrected chi connectivity index (χ3v) is 5.19. The normalized spacial score (nSPS) is 14.4. The fourth-order valence-electron chi connectivity index (χ4n) is 1.88. The molecule has 6 nitrogen and oxygen atoms in total. The van der Waals surface area contributed by atoms with E-state index >= 15 is 4.39 Å². The van der Waals surface area contributed by atoms with Gasteiger partial charge in [0.05, 0.1) is 19.8 Å². The van der Waals surface area contributed by atoms with Crippen LogP contribution in [0.15, 0.2) is 24.5 Å². The topological polar surface area (TPSA) is 74.7 Å². The van der Waals surface area contributed by atoms with Crippen molar-refractivity contribution in [3.63, 3.8) is 0 Å². The molecule has 0 aliphatic heterocycles. The van der Waals surface area contributed by atoms with Gasteiger partial charge in [0.1, 0.15) is 0 Å². The van der Waals surface area contributed by atoms with Crippen molar-refractivity contribution in [3.8, 4) is 0 Å². The zero-order valence-electron chi connectivity index (χ0n) is 13.0. The quantitative estimate of drug-likeness (QED) is 0.510. The standard InChI is InChI=1S/C14H21FNO5P/c1-4-19-13(17)14(15,10-12-8-7-9-16-11-12)22(18,20-5-2)21-6-3/h7-9,11H,4-6,10H2,1-3H3. The average Bonchev–Trinajstić information content (AvgIpc) is 2.48. The van der Waals surface area contributed by atoms with Crippen LogP contribution >= 0.6 is 7.60 Å². The van der Waals surface area contributed by atoms with Gasteiger partial charge in [-0.1, -0.05) is 6.07 Å². The van der Waals surface area contributed by atoms with Crippen LogP contribution in [-0.2, 0) is 29.6 Å². The maximum atomic E-state index is 15.5. The molecule has 1 rings (SSSR count). The van der Waals surface area contributed by atoms with Crippen LogP contribution in [-0.4, -0.2) is 36.2 Å². The number of carbonyl (C=O) groups is 1. The first-order chi connectivity index (χ1) is 10.4. The Morgan fingerprint density at radius 2 is 1.91 bits per heavy atom. The molecule has 0 N–H and O–H groups in total. The smallest absolute Gasteiger partial charge is 0.379 e. The number of halogens is 1. The zero-order valence-corrected chi connectivity index (χ0v) is 13.8. The van der Waals surface area contributed by atoms with Crippen molar-refractivity contribution in [2.75, 3.05) is 19.8 Å². The summed E-state index contributed by atoms with van der Waals surface area (Å²) in [7, 11) is -4.36. The van der Waals surface area contributed by atoms with Crippen LogP contribution in [0, 0.1) is 0 Å². The summed E-state index contributed by atoms with van der Waals surface area (Å²) in [5, 5.41) is -2.92. The summed E-state index contributed by atoms with van der Waals surface area (Å²) < 4.78 is 43.1. The number of hydrogen-bond donors (Lipinski definition) is 0. The molecule has 1 atom stereocenters. The van der Waals surface area contributed by atoms with Crippen molar-refractivity contribution in [1.29, 1.82) is 0 Å². The molecule has 0 aliphatic carbocycles. The Bertz CT molecular complexity index is 517. The second-order valence-electron chi connectivity index (χ2n) is 4.35. The summed E-state index contributed by atoms with van der Waals surface area (Å²) in [6, 6.07) is 3.16. The van der Waals surface area contributed by atoms with Gasteiger partial charge >= 0.3 is 19.0 Å². The van der Waals surface area contributed by atoms with Crippen LogP contribution in [0.3, 0.4) is 0 Å². The Balaban J connectivity index is 3.25. The number of alkyl halides is 1. The Kier molecular flexibility index (Phi) is 7.13. The molecule has 1 heterocycles. The van der Waals surface area contributed by atoms with Crippen LogP contribution in [0.25, 0.3) is 0 Å². The molecule has 0 bridgehead atoms. The summed E-state index contributed by atoms with van der Waals surface area (Å²) in [5.74, 6) is -1.26. The zero-order chi connectivity index (χ0) is 16.6. The molecular weight excluding hydrogens is 312 g/mol. The predicted molar refractivity (Wildman–Crippen MR) is 79.3 cm³/mol. The van der Waals surface area contributed by atoms with Gasteiger partial charge in [0.2, 0.25) is 0 Å². The SMILES string of the molecule is CCOC(=O)C(F)(Cc1cccnc1)P(=O)(OCC)OCC. The molecule has 0 saturated carbocycles. The molecule has 22 heavy (non-hydrogen) atoms. The molecule has 8 heteroatoms. The number of rotatable bonds is 9. The largest absolute Gasteiger partial charge is 0.463 e. The van der Waals surface area contributed by atoms with E-state index in [1.165, 1.54) is 19.3 Å².